The molecule has 3 aromatic rings. The van der Waals surface area contributed by atoms with Crippen LogP contribution in [0.1, 0.15) is 29.6 Å². The average molecular weight is 426 g/mol. The van der Waals surface area contributed by atoms with Crippen LogP contribution in [0.2, 0.25) is 0 Å². The highest BCUT2D eigenvalue weighted by Crippen LogP contribution is 2.24. The van der Waals surface area contributed by atoms with Gasteiger partial charge in [0, 0.05) is 29.7 Å². The van der Waals surface area contributed by atoms with Gasteiger partial charge in [-0.2, -0.15) is 0 Å². The third kappa shape index (κ3) is 4.22. The van der Waals surface area contributed by atoms with Crippen LogP contribution in [-0.2, 0) is 10.0 Å². The molecule has 156 valence electrons. The lowest BCUT2D eigenvalue weighted by molar-refractivity contribution is 0.0706. The lowest BCUT2D eigenvalue weighted by Gasteiger charge is -2.27. The van der Waals surface area contributed by atoms with Gasteiger partial charge in [-0.25, -0.2) is 18.9 Å². The number of hydrogen-bond donors (Lipinski definition) is 3. The van der Waals surface area contributed by atoms with Gasteiger partial charge in [-0.1, -0.05) is 0 Å². The number of carbonyl (C=O) groups is 1. The van der Waals surface area contributed by atoms with Gasteiger partial charge in [0.05, 0.1) is 10.4 Å². The predicted octanol–water partition coefficient (Wildman–Crippen LogP) is 3.14. The van der Waals surface area contributed by atoms with Crippen LogP contribution in [-0.4, -0.2) is 37.6 Å². The van der Waals surface area contributed by atoms with Gasteiger partial charge in [-0.15, -0.1) is 0 Å². The summed E-state index contributed by atoms with van der Waals surface area (Å²) in [6.45, 7) is 1.99. The molecule has 0 spiro atoms. The summed E-state index contributed by atoms with van der Waals surface area (Å²) in [5.74, 6) is 0.248. The number of sulfonamides is 1. The monoisotopic (exact) mass is 426 g/mol. The summed E-state index contributed by atoms with van der Waals surface area (Å²) in [4.78, 5) is 18.4. The Kier molecular flexibility index (Phi) is 5.56. The summed E-state index contributed by atoms with van der Waals surface area (Å²) in [5.41, 5.74) is 2.80. The maximum atomic E-state index is 12.8. The standard InChI is InChI=1S/C21H22N4O4S/c26-21(23-27)15-4-7-17(8-5-15)24-30(28,29)18-9-10-19-16(14-18)6-11-20(22-19)25-12-2-1-3-13-25/h4-11,14,24,27H,1-3,12-13H2,(H,23,26). The summed E-state index contributed by atoms with van der Waals surface area (Å²) < 4.78 is 28.0. The van der Waals surface area contributed by atoms with Crippen LogP contribution < -0.4 is 15.1 Å². The van der Waals surface area contributed by atoms with Crippen molar-refractivity contribution in [2.24, 2.45) is 0 Å². The zero-order valence-corrected chi connectivity index (χ0v) is 17.0. The Morgan fingerprint density at radius 1 is 0.967 bits per heavy atom. The summed E-state index contributed by atoms with van der Waals surface area (Å²) in [6, 6.07) is 14.4. The highest BCUT2D eigenvalue weighted by molar-refractivity contribution is 7.92. The van der Waals surface area contributed by atoms with E-state index in [2.05, 4.69) is 9.62 Å². The van der Waals surface area contributed by atoms with E-state index in [1.54, 1.807) is 12.1 Å². The van der Waals surface area contributed by atoms with Crippen LogP contribution in [0.4, 0.5) is 11.5 Å². The van der Waals surface area contributed by atoms with Gasteiger partial charge < -0.3 is 4.90 Å². The summed E-state index contributed by atoms with van der Waals surface area (Å²) in [7, 11) is -3.81. The smallest absolute Gasteiger partial charge is 0.274 e. The molecule has 2 heterocycles. The fourth-order valence-electron chi connectivity index (χ4n) is 3.53. The molecule has 0 aliphatic carbocycles. The molecular formula is C21H22N4O4S. The molecule has 0 unspecified atom stereocenters. The molecule has 1 aliphatic heterocycles. The van der Waals surface area contributed by atoms with Crippen molar-refractivity contribution in [1.82, 2.24) is 10.5 Å². The minimum atomic E-state index is -3.81. The van der Waals surface area contributed by atoms with Gasteiger partial charge in [-0.3, -0.25) is 14.7 Å². The Morgan fingerprint density at radius 3 is 2.40 bits per heavy atom. The van der Waals surface area contributed by atoms with Gasteiger partial charge in [0.15, 0.2) is 0 Å². The van der Waals surface area contributed by atoms with Gasteiger partial charge >= 0.3 is 0 Å². The molecule has 1 fully saturated rings. The molecule has 0 atom stereocenters. The first-order chi connectivity index (χ1) is 14.5. The number of anilines is 2. The topological polar surface area (TPSA) is 112 Å². The number of pyridine rings is 1. The molecule has 1 saturated heterocycles. The van der Waals surface area contributed by atoms with Gasteiger partial charge in [-0.05, 0) is 73.9 Å². The Balaban J connectivity index is 1.56. The van der Waals surface area contributed by atoms with Gasteiger partial charge in [0.2, 0.25) is 0 Å². The van der Waals surface area contributed by atoms with E-state index in [0.717, 1.165) is 42.7 Å². The number of nitrogens with one attached hydrogen (secondary N) is 2. The molecule has 0 radical (unpaired) electrons. The van der Waals surface area contributed by atoms with Crippen molar-refractivity contribution >= 4 is 38.3 Å². The van der Waals surface area contributed by atoms with Crippen molar-refractivity contribution in [1.29, 1.82) is 0 Å². The maximum Gasteiger partial charge on any atom is 0.274 e. The number of rotatable bonds is 5. The quantitative estimate of drug-likeness (QED) is 0.427. The average Bonchev–Trinajstić information content (AvgIpc) is 2.78. The normalized spacial score (nSPS) is 14.5. The van der Waals surface area contributed by atoms with E-state index in [1.807, 2.05) is 12.1 Å². The lowest BCUT2D eigenvalue weighted by Crippen LogP contribution is -2.30. The number of fused-ring (bicyclic) bond motifs is 1. The number of aromatic nitrogens is 1. The van der Waals surface area contributed by atoms with Crippen LogP contribution in [0.3, 0.4) is 0 Å². The second-order valence-corrected chi connectivity index (χ2v) is 8.88. The molecule has 4 rings (SSSR count). The van der Waals surface area contributed by atoms with Crippen LogP contribution in [0.25, 0.3) is 10.9 Å². The van der Waals surface area contributed by atoms with Crippen molar-refractivity contribution in [3.05, 3.63) is 60.2 Å². The number of hydrogen-bond acceptors (Lipinski definition) is 6. The van der Waals surface area contributed by atoms with E-state index in [-0.39, 0.29) is 10.5 Å². The van der Waals surface area contributed by atoms with Crippen molar-refractivity contribution in [3.8, 4) is 0 Å². The first kappa shape index (κ1) is 20.1. The number of piperidine rings is 1. The first-order valence-electron chi connectivity index (χ1n) is 9.69. The molecule has 8 nitrogen and oxygen atoms in total. The zero-order chi connectivity index (χ0) is 21.1. The molecular weight excluding hydrogens is 404 g/mol. The van der Waals surface area contributed by atoms with Crippen molar-refractivity contribution in [2.75, 3.05) is 22.7 Å². The Hall–Kier alpha value is -3.17. The number of carbonyl (C=O) groups excluding carboxylic acids is 1. The highest BCUT2D eigenvalue weighted by Gasteiger charge is 2.17. The fourth-order valence-corrected chi connectivity index (χ4v) is 4.62. The molecule has 1 aromatic heterocycles. The van der Waals surface area contributed by atoms with E-state index >= 15 is 0 Å². The molecule has 2 aromatic carbocycles. The third-order valence-corrected chi connectivity index (χ3v) is 6.52. The zero-order valence-electron chi connectivity index (χ0n) is 16.2. The van der Waals surface area contributed by atoms with Crippen molar-refractivity contribution in [2.45, 2.75) is 24.2 Å². The van der Waals surface area contributed by atoms with E-state index in [0.29, 0.717) is 5.69 Å². The summed E-state index contributed by atoms with van der Waals surface area (Å²) in [5, 5.41) is 9.40. The van der Waals surface area contributed by atoms with E-state index in [4.69, 9.17) is 10.2 Å². The maximum absolute atomic E-state index is 12.8. The minimum Gasteiger partial charge on any atom is -0.357 e. The van der Waals surface area contributed by atoms with Crippen LogP contribution in [0, 0.1) is 0 Å². The number of nitrogens with zero attached hydrogens (tertiary/aromatic N) is 2. The SMILES string of the molecule is O=C(NO)c1ccc(NS(=O)(=O)c2ccc3nc(N4CCCCC4)ccc3c2)cc1. The Morgan fingerprint density at radius 2 is 1.70 bits per heavy atom. The Labute approximate surface area is 174 Å². The molecule has 30 heavy (non-hydrogen) atoms. The van der Waals surface area contributed by atoms with Crippen LogP contribution in [0.5, 0.6) is 0 Å². The molecule has 1 amide bonds. The van der Waals surface area contributed by atoms with Crippen molar-refractivity contribution < 1.29 is 18.4 Å². The summed E-state index contributed by atoms with van der Waals surface area (Å²) in [6.07, 6.45) is 3.57. The molecule has 9 heteroatoms. The van der Waals surface area contributed by atoms with Gasteiger partial charge in [0.25, 0.3) is 15.9 Å². The van der Waals surface area contributed by atoms with Crippen LogP contribution in [0.15, 0.2) is 59.5 Å². The molecule has 3 N–H and O–H groups in total. The third-order valence-electron chi connectivity index (χ3n) is 5.14. The minimum absolute atomic E-state index is 0.125. The van der Waals surface area contributed by atoms with E-state index in [1.165, 1.54) is 42.2 Å². The first-order valence-corrected chi connectivity index (χ1v) is 11.2. The second kappa shape index (κ2) is 8.29. The highest BCUT2D eigenvalue weighted by atomic mass is 32.2. The van der Waals surface area contributed by atoms with E-state index in [9.17, 15) is 13.2 Å². The second-order valence-electron chi connectivity index (χ2n) is 7.20. The fraction of sp³-hybridized carbons (Fsp3) is 0.238. The van der Waals surface area contributed by atoms with E-state index < -0.39 is 15.9 Å². The Bertz CT molecular complexity index is 1170. The number of benzene rings is 2. The van der Waals surface area contributed by atoms with Gasteiger partial charge in [0.1, 0.15) is 5.82 Å². The molecule has 0 bridgehead atoms. The molecule has 1 aliphatic rings. The molecule has 0 saturated carbocycles. The van der Waals surface area contributed by atoms with Crippen molar-refractivity contribution in [3.63, 3.8) is 0 Å². The van der Waals surface area contributed by atoms with Crippen LogP contribution >= 0.6 is 0 Å². The predicted molar refractivity (Wildman–Crippen MR) is 114 cm³/mol. The summed E-state index contributed by atoms with van der Waals surface area (Å²) >= 11 is 0. The largest absolute Gasteiger partial charge is 0.357 e. The lowest BCUT2D eigenvalue weighted by atomic mass is 10.1. The number of hydroxylamine groups is 1. The number of amides is 1.